The number of carbonyl (C=O) groups excluding carboxylic acids is 2. The van der Waals surface area contributed by atoms with Crippen LogP contribution in [0.2, 0.25) is 0 Å². The Kier molecular flexibility index (Phi) is 2.47. The van der Waals surface area contributed by atoms with Gasteiger partial charge >= 0.3 is 0 Å². The van der Waals surface area contributed by atoms with Gasteiger partial charge in [-0.25, -0.2) is 0 Å². The first kappa shape index (κ1) is 10.2. The van der Waals surface area contributed by atoms with Gasteiger partial charge in [0.05, 0.1) is 5.57 Å². The van der Waals surface area contributed by atoms with E-state index in [0.29, 0.717) is 5.56 Å². The summed E-state index contributed by atoms with van der Waals surface area (Å²) in [5.74, 6) is -1.81. The molecule has 2 rings (SSSR count). The van der Waals surface area contributed by atoms with E-state index in [2.05, 4.69) is 22.6 Å². The van der Waals surface area contributed by atoms with E-state index in [0.717, 1.165) is 3.57 Å². The lowest BCUT2D eigenvalue weighted by Gasteiger charge is -1.99. The molecule has 1 aliphatic rings. The Morgan fingerprint density at radius 1 is 1.07 bits per heavy atom. The molecule has 0 unspecified atom stereocenters. The molecule has 1 aromatic carbocycles. The minimum absolute atomic E-state index is 0.0383. The Labute approximate surface area is 99.1 Å². The molecule has 0 fully saturated rings. The molecule has 0 atom stereocenters. The van der Waals surface area contributed by atoms with Gasteiger partial charge in [-0.2, -0.15) is 0 Å². The van der Waals surface area contributed by atoms with Crippen LogP contribution in [-0.4, -0.2) is 16.9 Å². The fourth-order valence-electron chi connectivity index (χ4n) is 1.33. The van der Waals surface area contributed by atoms with Crippen molar-refractivity contribution in [3.05, 3.63) is 39.2 Å². The van der Waals surface area contributed by atoms with Crippen LogP contribution in [0.15, 0.2) is 30.0 Å². The van der Waals surface area contributed by atoms with Crippen LogP contribution in [0, 0.1) is 3.57 Å². The number of rotatable bonds is 1. The van der Waals surface area contributed by atoms with Crippen LogP contribution in [0.1, 0.15) is 5.56 Å². The molecule has 2 N–H and O–H groups in total. The van der Waals surface area contributed by atoms with Crippen molar-refractivity contribution in [3.63, 3.8) is 0 Å². The zero-order valence-corrected chi connectivity index (χ0v) is 9.61. The average molecular weight is 315 g/mol. The van der Waals surface area contributed by atoms with Crippen molar-refractivity contribution < 1.29 is 14.7 Å². The zero-order valence-electron chi connectivity index (χ0n) is 7.45. The van der Waals surface area contributed by atoms with E-state index in [1.165, 1.54) is 0 Å². The van der Waals surface area contributed by atoms with Crippen LogP contribution in [0.5, 0.6) is 0 Å². The third kappa shape index (κ3) is 1.74. The van der Waals surface area contributed by atoms with Gasteiger partial charge in [-0.1, -0.05) is 12.1 Å². The fourth-order valence-corrected chi connectivity index (χ4v) is 1.69. The number of carbonyl (C=O) groups is 2. The lowest BCUT2D eigenvalue weighted by atomic mass is 10.1. The maximum absolute atomic E-state index is 11.3. The molecular weight excluding hydrogens is 309 g/mol. The van der Waals surface area contributed by atoms with Gasteiger partial charge in [0.25, 0.3) is 11.8 Å². The number of aliphatic hydroxyl groups excluding tert-OH is 1. The van der Waals surface area contributed by atoms with Gasteiger partial charge in [0.15, 0.2) is 5.76 Å². The minimum Gasteiger partial charge on any atom is -0.502 e. The monoisotopic (exact) mass is 315 g/mol. The Bertz CT molecular complexity index is 476. The van der Waals surface area contributed by atoms with E-state index in [1.54, 1.807) is 24.3 Å². The number of nitrogens with one attached hydrogen (secondary N) is 1. The first-order valence-corrected chi connectivity index (χ1v) is 5.22. The van der Waals surface area contributed by atoms with Crippen molar-refractivity contribution in [1.29, 1.82) is 0 Å². The van der Waals surface area contributed by atoms with Gasteiger partial charge < -0.3 is 5.11 Å². The topological polar surface area (TPSA) is 66.4 Å². The maximum Gasteiger partial charge on any atom is 0.293 e. The van der Waals surface area contributed by atoms with Crippen molar-refractivity contribution in [1.82, 2.24) is 5.32 Å². The van der Waals surface area contributed by atoms with E-state index in [1.807, 2.05) is 5.32 Å². The summed E-state index contributed by atoms with van der Waals surface area (Å²) in [5.41, 5.74) is 0.577. The quantitative estimate of drug-likeness (QED) is 0.605. The summed E-state index contributed by atoms with van der Waals surface area (Å²) >= 11 is 2.13. The standard InChI is InChI=1S/C10H6INO3/c11-6-3-1-5(2-4-6)7-8(13)10(15)12-9(7)14/h1-4H,(H2,12,13,14,15). The number of hydrogen-bond donors (Lipinski definition) is 2. The molecule has 0 spiro atoms. The van der Waals surface area contributed by atoms with Gasteiger partial charge in [0, 0.05) is 3.57 Å². The molecule has 4 nitrogen and oxygen atoms in total. The zero-order chi connectivity index (χ0) is 11.0. The number of hydrogen-bond acceptors (Lipinski definition) is 3. The first-order valence-electron chi connectivity index (χ1n) is 4.14. The van der Waals surface area contributed by atoms with Crippen LogP contribution in [-0.2, 0) is 9.59 Å². The van der Waals surface area contributed by atoms with Crippen LogP contribution in [0.3, 0.4) is 0 Å². The number of halogens is 1. The summed E-state index contributed by atoms with van der Waals surface area (Å²) in [4.78, 5) is 22.3. The summed E-state index contributed by atoms with van der Waals surface area (Å²) in [6.07, 6.45) is 0. The lowest BCUT2D eigenvalue weighted by Crippen LogP contribution is -2.22. The van der Waals surface area contributed by atoms with E-state index in [-0.39, 0.29) is 5.57 Å². The number of imide groups is 1. The molecule has 0 aliphatic carbocycles. The molecule has 76 valence electrons. The highest BCUT2D eigenvalue weighted by Crippen LogP contribution is 2.22. The highest BCUT2D eigenvalue weighted by molar-refractivity contribution is 14.1. The third-order valence-corrected chi connectivity index (χ3v) is 2.76. The van der Waals surface area contributed by atoms with Crippen LogP contribution in [0.25, 0.3) is 5.57 Å². The van der Waals surface area contributed by atoms with Gasteiger partial charge in [0.2, 0.25) is 0 Å². The van der Waals surface area contributed by atoms with Crippen LogP contribution < -0.4 is 5.32 Å². The molecule has 15 heavy (non-hydrogen) atoms. The maximum atomic E-state index is 11.3. The highest BCUT2D eigenvalue weighted by Gasteiger charge is 2.30. The molecule has 1 heterocycles. The summed E-state index contributed by atoms with van der Waals surface area (Å²) in [6, 6.07) is 6.97. The molecule has 0 aromatic heterocycles. The Hall–Kier alpha value is -1.37. The first-order chi connectivity index (χ1) is 7.09. The molecule has 1 aliphatic heterocycles. The smallest absolute Gasteiger partial charge is 0.293 e. The molecular formula is C10H6INO3. The van der Waals surface area contributed by atoms with Crippen LogP contribution >= 0.6 is 22.6 Å². The number of amides is 2. The molecule has 1 aromatic rings. The molecule has 0 saturated heterocycles. The molecule has 0 saturated carbocycles. The summed E-state index contributed by atoms with van der Waals surface area (Å²) < 4.78 is 1.01. The largest absolute Gasteiger partial charge is 0.502 e. The lowest BCUT2D eigenvalue weighted by molar-refractivity contribution is -0.124. The van der Waals surface area contributed by atoms with Gasteiger partial charge in [-0.05, 0) is 40.3 Å². The summed E-state index contributed by atoms with van der Waals surface area (Å²) in [5, 5.41) is 11.4. The summed E-state index contributed by atoms with van der Waals surface area (Å²) in [7, 11) is 0. The van der Waals surface area contributed by atoms with Crippen LogP contribution in [0.4, 0.5) is 0 Å². The predicted molar refractivity (Wildman–Crippen MR) is 61.9 cm³/mol. The molecule has 5 heteroatoms. The van der Waals surface area contributed by atoms with Crippen molar-refractivity contribution in [2.45, 2.75) is 0 Å². The van der Waals surface area contributed by atoms with E-state index < -0.39 is 17.6 Å². The van der Waals surface area contributed by atoms with Gasteiger partial charge in [-0.15, -0.1) is 0 Å². The van der Waals surface area contributed by atoms with Gasteiger partial charge in [-0.3, -0.25) is 14.9 Å². The number of benzene rings is 1. The normalized spacial score (nSPS) is 15.8. The van der Waals surface area contributed by atoms with Crippen molar-refractivity contribution in [2.24, 2.45) is 0 Å². The molecule has 2 amide bonds. The molecule has 0 radical (unpaired) electrons. The third-order valence-electron chi connectivity index (χ3n) is 2.04. The molecule has 0 bridgehead atoms. The highest BCUT2D eigenvalue weighted by atomic mass is 127. The van der Waals surface area contributed by atoms with E-state index >= 15 is 0 Å². The van der Waals surface area contributed by atoms with Gasteiger partial charge in [0.1, 0.15) is 0 Å². The van der Waals surface area contributed by atoms with Crippen molar-refractivity contribution in [2.75, 3.05) is 0 Å². The van der Waals surface area contributed by atoms with E-state index in [9.17, 15) is 14.7 Å². The Balaban J connectivity index is 2.51. The minimum atomic E-state index is -0.742. The summed E-state index contributed by atoms with van der Waals surface area (Å²) in [6.45, 7) is 0. The SMILES string of the molecule is O=C1NC(=O)C(c2ccc(I)cc2)=C1O. The van der Waals surface area contributed by atoms with E-state index in [4.69, 9.17) is 0 Å². The average Bonchev–Trinajstić information content (AvgIpc) is 2.44. The second kappa shape index (κ2) is 3.65. The second-order valence-corrected chi connectivity index (χ2v) is 4.26. The fraction of sp³-hybridized carbons (Fsp3) is 0. The number of aliphatic hydroxyl groups is 1. The second-order valence-electron chi connectivity index (χ2n) is 3.01. The van der Waals surface area contributed by atoms with Crippen molar-refractivity contribution in [3.8, 4) is 0 Å². The van der Waals surface area contributed by atoms with Crippen molar-refractivity contribution >= 4 is 40.0 Å². The predicted octanol–water partition coefficient (Wildman–Crippen LogP) is 1.22. The Morgan fingerprint density at radius 3 is 2.13 bits per heavy atom. The Morgan fingerprint density at radius 2 is 1.67 bits per heavy atom.